The second kappa shape index (κ2) is 31.2. The Morgan fingerprint density at radius 2 is 1.11 bits per heavy atom. The quantitative estimate of drug-likeness (QED) is 0.0205. The molecule has 0 aliphatic carbocycles. The molecule has 11 rings (SSSR count). The van der Waals surface area contributed by atoms with Crippen LogP contribution in [0.3, 0.4) is 0 Å². The van der Waals surface area contributed by atoms with Crippen molar-refractivity contribution in [1.82, 2.24) is 9.80 Å². The van der Waals surface area contributed by atoms with Crippen molar-refractivity contribution in [1.29, 1.82) is 0 Å². The minimum atomic E-state index is -3.55. The fraction of sp³-hybridized carbons (Fsp3) is 0.329. The molecule has 8 aromatic rings. The van der Waals surface area contributed by atoms with Crippen LogP contribution < -0.4 is 0 Å². The molecule has 96 heavy (non-hydrogen) atoms. The van der Waals surface area contributed by atoms with Crippen molar-refractivity contribution >= 4 is 151 Å². The predicted octanol–water partition coefficient (Wildman–Crippen LogP) is 14.8. The van der Waals surface area contributed by atoms with Crippen LogP contribution in [0.4, 0.5) is 0 Å². The molecule has 0 spiro atoms. The largest absolute Gasteiger partial charge is 0.481 e. The van der Waals surface area contributed by atoms with Crippen molar-refractivity contribution in [2.24, 2.45) is 11.8 Å². The summed E-state index contributed by atoms with van der Waals surface area (Å²) >= 11 is 26.8. The second-order valence-electron chi connectivity index (χ2n) is 24.0. The first-order valence-electron chi connectivity index (χ1n) is 30.8. The van der Waals surface area contributed by atoms with Gasteiger partial charge in [0.25, 0.3) is 11.8 Å². The summed E-state index contributed by atoms with van der Waals surface area (Å²) in [7, 11) is -3.26. The Hall–Kier alpha value is -7.15. The number of carbonyl (C=O) groups excluding carboxylic acids is 6. The zero-order valence-electron chi connectivity index (χ0n) is 52.3. The first-order valence-corrected chi connectivity index (χ1v) is 38.4. The number of halogens is 4. The first-order chi connectivity index (χ1) is 45.7. The lowest BCUT2D eigenvalue weighted by atomic mass is 9.89. The lowest BCUT2D eigenvalue weighted by Gasteiger charge is -2.30. The molecule has 1 N–H and O–H groups in total. The summed E-state index contributed by atoms with van der Waals surface area (Å²) in [4.78, 5) is 95.8. The number of ether oxygens (including phenoxy) is 2. The molecule has 1 fully saturated rings. The number of aliphatic carboxylic acids is 1. The van der Waals surface area contributed by atoms with E-state index in [1.54, 1.807) is 76.9 Å². The van der Waals surface area contributed by atoms with E-state index in [1.807, 2.05) is 45.9 Å². The zero-order chi connectivity index (χ0) is 68.8. The van der Waals surface area contributed by atoms with Crippen LogP contribution in [0, 0.1) is 11.8 Å². The molecule has 18 nitrogen and oxygen atoms in total. The molecule has 0 bridgehead atoms. The van der Waals surface area contributed by atoms with Gasteiger partial charge in [0.1, 0.15) is 11.2 Å². The molecule has 1 saturated heterocycles. The highest BCUT2D eigenvalue weighted by Crippen LogP contribution is 2.41. The van der Waals surface area contributed by atoms with Crippen LogP contribution in [0.25, 0.3) is 21.9 Å². The van der Waals surface area contributed by atoms with Gasteiger partial charge in [-0.3, -0.25) is 33.6 Å². The molecule has 5 heterocycles. The Labute approximate surface area is 582 Å². The highest BCUT2D eigenvalue weighted by atomic mass is 35.5. The van der Waals surface area contributed by atoms with Crippen LogP contribution in [-0.2, 0) is 82.3 Å². The SMILES string of the molecule is CC(OC(=O)CCCC[C@@H]1CCSS1)OC(=O)[C@@H](CC(=O)c1c(Cl)cc2c(c1Cl)CCN(C(=O)c1ccc3ccoc3c1)C2)Cc1cccc(S(C)(=O)=O)c1.CS(=O)(=O)c1cccc(C[C@H](CC(=O)c2c(Cl)cc3c(c2Cl)CCN(C(=O)c2ccc4ccoc4c2)C3)C(=O)O)c1. The van der Waals surface area contributed by atoms with Gasteiger partial charge in [-0.2, -0.15) is 0 Å². The number of carboxylic acid groups (broad SMARTS) is 1. The number of ketones is 2. The van der Waals surface area contributed by atoms with Crippen LogP contribution >= 0.6 is 68.0 Å². The molecular weight excluding hydrogens is 1390 g/mol. The van der Waals surface area contributed by atoms with E-state index in [-0.39, 0.29) is 98.0 Å². The summed E-state index contributed by atoms with van der Waals surface area (Å²) < 4.78 is 70.2. The molecule has 2 amide bonds. The third-order valence-corrected chi connectivity index (χ3v) is 23.6. The number of hydrogen-bond acceptors (Lipinski definition) is 17. The maximum absolute atomic E-state index is 14.0. The monoisotopic (exact) mass is 1460 g/mol. The molecule has 4 atom stereocenters. The molecule has 26 heteroatoms. The average molecular weight is 1460 g/mol. The van der Waals surface area contributed by atoms with E-state index >= 15 is 0 Å². The third kappa shape index (κ3) is 17.6. The number of carboxylic acids is 1. The minimum Gasteiger partial charge on any atom is -0.481 e. The number of amides is 2. The number of furan rings is 2. The number of carbonyl (C=O) groups is 7. The number of esters is 2. The summed E-state index contributed by atoms with van der Waals surface area (Å²) in [6.45, 7) is 2.61. The van der Waals surface area contributed by atoms with Gasteiger partial charge >= 0.3 is 17.9 Å². The molecule has 2 aromatic heterocycles. The molecular formula is C70H66Cl4N2O16S4. The number of fused-ring (bicyclic) bond motifs is 4. The number of benzene rings is 6. The Bertz CT molecular complexity index is 4590. The van der Waals surface area contributed by atoms with E-state index in [1.165, 1.54) is 43.7 Å². The van der Waals surface area contributed by atoms with E-state index in [0.717, 1.165) is 41.9 Å². The Kier molecular flexibility index (Phi) is 23.2. The van der Waals surface area contributed by atoms with Crippen LogP contribution in [0.2, 0.25) is 20.1 Å². The predicted molar refractivity (Wildman–Crippen MR) is 370 cm³/mol. The summed E-state index contributed by atoms with van der Waals surface area (Å²) in [5, 5.41) is 12.7. The van der Waals surface area contributed by atoms with Crippen molar-refractivity contribution in [3.05, 3.63) is 197 Å². The molecule has 0 radical (unpaired) electrons. The molecule has 504 valence electrons. The maximum atomic E-state index is 14.0. The van der Waals surface area contributed by atoms with Gasteiger partial charge in [-0.05, 0) is 151 Å². The topological polar surface area (TPSA) is 259 Å². The van der Waals surface area contributed by atoms with E-state index in [9.17, 15) is 55.5 Å². The molecule has 6 aromatic carbocycles. The minimum absolute atomic E-state index is 0.0434. The first kappa shape index (κ1) is 71.6. The van der Waals surface area contributed by atoms with Gasteiger partial charge in [0.15, 0.2) is 31.2 Å². The van der Waals surface area contributed by atoms with Crippen LogP contribution in [0.1, 0.15) is 127 Å². The number of rotatable bonds is 23. The van der Waals surface area contributed by atoms with Crippen LogP contribution in [-0.4, -0.2) is 116 Å². The lowest BCUT2D eigenvalue weighted by molar-refractivity contribution is -0.187. The molecule has 0 saturated carbocycles. The van der Waals surface area contributed by atoms with Gasteiger partial charge in [0.05, 0.1) is 65.4 Å². The van der Waals surface area contributed by atoms with Crippen molar-refractivity contribution < 1.29 is 73.8 Å². The standard InChI is InChI=1S/C40H41Cl2NO9S3.C30H25Cl2NO7S/c1-24(51-36(45)9-4-3-7-30-14-17-53-54-30)52-40(47)28(18-25-6-5-8-31(19-25)55(2,48)49)21-34(44)37-33(41)20-29-23-43(15-12-32(29)38(37)42)39(46)27-11-10-26-13-16-50-35(26)22-27;1-41(38,39)22-4-2-3-17(12-22)11-20(30(36)37)14-25(34)27-24(31)13-21-16-33(9-7-23(21)28(27)32)29(35)19-6-5-18-8-10-40-26(18)15-19/h5-6,8,10-11,13,16,19-20,22,24,28,30H,3-4,7,9,12,14-15,17-18,21,23H2,1-2H3;2-6,8,10,12-13,15,20H,7,9,11,14,16H2,1H3,(H,36,37)/t24?,28-,30-;20-/m11/s1. The maximum Gasteiger partial charge on any atom is 0.312 e. The van der Waals surface area contributed by atoms with Gasteiger partial charge in [0, 0.05) is 97.8 Å². The number of sulfone groups is 2. The number of nitrogens with zero attached hydrogens (tertiary/aromatic N) is 2. The van der Waals surface area contributed by atoms with E-state index < -0.39 is 67.3 Å². The fourth-order valence-corrected chi connectivity index (χ4v) is 18.0. The summed E-state index contributed by atoms with van der Waals surface area (Å²) in [5.74, 6) is -4.98. The normalized spacial score (nSPS) is 15.6. The molecule has 3 aliphatic heterocycles. The van der Waals surface area contributed by atoms with Crippen molar-refractivity contribution in [3.8, 4) is 0 Å². The zero-order valence-corrected chi connectivity index (χ0v) is 58.6. The van der Waals surface area contributed by atoms with Gasteiger partial charge in [0.2, 0.25) is 6.29 Å². The van der Waals surface area contributed by atoms with Gasteiger partial charge < -0.3 is 33.2 Å². The number of unbranched alkanes of at least 4 members (excludes halogenated alkanes) is 1. The summed E-state index contributed by atoms with van der Waals surface area (Å²) in [5.41, 5.74) is 6.03. The van der Waals surface area contributed by atoms with E-state index in [0.29, 0.717) is 93.3 Å². The van der Waals surface area contributed by atoms with Crippen molar-refractivity contribution in [2.75, 3.05) is 31.4 Å². The third-order valence-electron chi connectivity index (χ3n) is 17.0. The Morgan fingerprint density at radius 1 is 0.625 bits per heavy atom. The Morgan fingerprint density at radius 3 is 1.58 bits per heavy atom. The van der Waals surface area contributed by atoms with Gasteiger partial charge in [-0.25, -0.2) is 16.8 Å². The Balaban J connectivity index is 0.000000218. The summed E-state index contributed by atoms with van der Waals surface area (Å²) in [6.07, 6.45) is 7.92. The van der Waals surface area contributed by atoms with Crippen LogP contribution in [0.5, 0.6) is 0 Å². The van der Waals surface area contributed by atoms with Crippen molar-refractivity contribution in [2.45, 2.75) is 112 Å². The highest BCUT2D eigenvalue weighted by molar-refractivity contribution is 8.77. The van der Waals surface area contributed by atoms with E-state index in [2.05, 4.69) is 0 Å². The van der Waals surface area contributed by atoms with E-state index in [4.69, 9.17) is 64.7 Å². The van der Waals surface area contributed by atoms with Crippen LogP contribution in [0.15, 0.2) is 140 Å². The smallest absolute Gasteiger partial charge is 0.312 e. The summed E-state index contributed by atoms with van der Waals surface area (Å²) in [6, 6.07) is 29.5. The number of hydrogen-bond donors (Lipinski definition) is 1. The van der Waals surface area contributed by atoms with Gasteiger partial charge in [-0.15, -0.1) is 0 Å². The molecule has 1 unspecified atom stereocenters. The highest BCUT2D eigenvalue weighted by Gasteiger charge is 2.34. The van der Waals surface area contributed by atoms with Crippen molar-refractivity contribution in [3.63, 3.8) is 0 Å². The number of Topliss-reactive ketones (excluding diaryl/α,β-unsaturated/α-hetero) is 2. The second-order valence-corrected chi connectivity index (χ2v) is 32.4. The molecule has 3 aliphatic rings. The fourth-order valence-electron chi connectivity index (χ4n) is 11.9. The average Bonchev–Trinajstić information content (AvgIpc) is 0.887. The van der Waals surface area contributed by atoms with Gasteiger partial charge in [-0.1, -0.05) is 111 Å². The lowest BCUT2D eigenvalue weighted by Crippen LogP contribution is -2.36.